The number of carbonyl (C=O) groups is 1. The first kappa shape index (κ1) is 21.9. The van der Waals surface area contributed by atoms with Crippen molar-refractivity contribution in [2.24, 2.45) is 0 Å². The Morgan fingerprint density at radius 3 is 2.27 bits per heavy atom. The van der Waals surface area contributed by atoms with Crippen molar-refractivity contribution >= 4 is 39.8 Å². The lowest BCUT2D eigenvalue weighted by molar-refractivity contribution is 0.0945. The first-order valence-electron chi connectivity index (χ1n) is 11.7. The molecule has 7 nitrogen and oxygen atoms in total. The number of piperazine rings is 1. The summed E-state index contributed by atoms with van der Waals surface area (Å²) in [6.45, 7) is 7.06. The van der Waals surface area contributed by atoms with Gasteiger partial charge in [0.15, 0.2) is 11.5 Å². The molecule has 8 heteroatoms. The van der Waals surface area contributed by atoms with Crippen molar-refractivity contribution in [1.29, 1.82) is 0 Å². The van der Waals surface area contributed by atoms with Gasteiger partial charge in [-0.15, -0.1) is 10.2 Å². The lowest BCUT2D eigenvalue weighted by atomic mass is 10.1. The number of fused-ring (bicyclic) bond motifs is 1. The predicted molar refractivity (Wildman–Crippen MR) is 133 cm³/mol. The predicted octanol–water partition coefficient (Wildman–Crippen LogP) is 3.44. The van der Waals surface area contributed by atoms with Crippen LogP contribution in [-0.4, -0.2) is 73.4 Å². The fourth-order valence-corrected chi connectivity index (χ4v) is 5.03. The van der Waals surface area contributed by atoms with Crippen LogP contribution in [0, 0.1) is 0 Å². The number of benzene rings is 2. The third-order valence-electron chi connectivity index (χ3n) is 6.57. The largest absolute Gasteiger partial charge is 0.367 e. The second kappa shape index (κ2) is 9.93. The highest BCUT2D eigenvalue weighted by Crippen LogP contribution is 2.29. The number of anilines is 2. The zero-order valence-electron chi connectivity index (χ0n) is 18.7. The van der Waals surface area contributed by atoms with Crippen molar-refractivity contribution in [1.82, 2.24) is 20.4 Å². The lowest BCUT2D eigenvalue weighted by Gasteiger charge is -2.37. The number of nitrogens with one attached hydrogen (secondary N) is 1. The van der Waals surface area contributed by atoms with Crippen LogP contribution in [0.1, 0.15) is 23.3 Å². The number of amides is 1. The molecule has 0 radical (unpaired) electrons. The lowest BCUT2D eigenvalue weighted by Crippen LogP contribution is -2.47. The molecular formula is C25H29ClN6O. The summed E-state index contributed by atoms with van der Waals surface area (Å²) < 4.78 is 0. The smallest absolute Gasteiger partial charge is 0.272 e. The van der Waals surface area contributed by atoms with Crippen LogP contribution in [0.4, 0.5) is 11.5 Å². The minimum atomic E-state index is -0.159. The molecule has 2 aliphatic heterocycles. The van der Waals surface area contributed by atoms with Gasteiger partial charge in [0.25, 0.3) is 5.91 Å². The Hall–Kier alpha value is -2.90. The molecule has 0 aliphatic carbocycles. The molecule has 3 heterocycles. The van der Waals surface area contributed by atoms with Crippen LogP contribution >= 0.6 is 11.6 Å². The zero-order valence-corrected chi connectivity index (χ0v) is 19.5. The summed E-state index contributed by atoms with van der Waals surface area (Å²) in [7, 11) is 0. The summed E-state index contributed by atoms with van der Waals surface area (Å²) in [6, 6.07) is 15.9. The van der Waals surface area contributed by atoms with Crippen LogP contribution in [0.25, 0.3) is 10.8 Å². The second-order valence-electron chi connectivity index (χ2n) is 8.65. The van der Waals surface area contributed by atoms with Gasteiger partial charge in [-0.2, -0.15) is 0 Å². The third-order valence-corrected chi connectivity index (χ3v) is 6.89. The summed E-state index contributed by atoms with van der Waals surface area (Å²) in [5, 5.41) is 14.5. The van der Waals surface area contributed by atoms with Gasteiger partial charge >= 0.3 is 0 Å². The highest BCUT2D eigenvalue weighted by molar-refractivity contribution is 6.33. The van der Waals surface area contributed by atoms with E-state index in [9.17, 15) is 4.79 Å². The zero-order chi connectivity index (χ0) is 22.6. The maximum absolute atomic E-state index is 12.9. The molecule has 3 aromatic rings. The van der Waals surface area contributed by atoms with Crippen molar-refractivity contribution in [2.45, 2.75) is 12.8 Å². The van der Waals surface area contributed by atoms with Gasteiger partial charge in [-0.25, -0.2) is 0 Å². The van der Waals surface area contributed by atoms with Crippen molar-refractivity contribution in [3.8, 4) is 0 Å². The van der Waals surface area contributed by atoms with E-state index in [4.69, 9.17) is 11.6 Å². The van der Waals surface area contributed by atoms with E-state index in [2.05, 4.69) is 36.3 Å². The Morgan fingerprint density at radius 2 is 1.52 bits per heavy atom. The van der Waals surface area contributed by atoms with Gasteiger partial charge in [0.1, 0.15) is 0 Å². The molecule has 2 fully saturated rings. The molecule has 1 amide bonds. The normalized spacial score (nSPS) is 17.0. The maximum Gasteiger partial charge on any atom is 0.272 e. The molecule has 0 unspecified atom stereocenters. The van der Waals surface area contributed by atoms with Gasteiger partial charge in [0, 0.05) is 50.0 Å². The van der Waals surface area contributed by atoms with E-state index in [0.717, 1.165) is 73.1 Å². The maximum atomic E-state index is 12.9. The van der Waals surface area contributed by atoms with E-state index >= 15 is 0 Å². The van der Waals surface area contributed by atoms with E-state index < -0.39 is 0 Å². The minimum Gasteiger partial charge on any atom is -0.367 e. The van der Waals surface area contributed by atoms with Gasteiger partial charge in [0.05, 0.1) is 10.7 Å². The molecule has 1 aromatic heterocycles. The fourth-order valence-electron chi connectivity index (χ4n) is 4.78. The Bertz CT molecular complexity index is 1120. The van der Waals surface area contributed by atoms with E-state index in [-0.39, 0.29) is 5.91 Å². The molecule has 2 saturated heterocycles. The highest BCUT2D eigenvalue weighted by atomic mass is 35.5. The van der Waals surface area contributed by atoms with Crippen LogP contribution in [0.2, 0.25) is 5.02 Å². The first-order valence-corrected chi connectivity index (χ1v) is 12.1. The number of hydrogen-bond donors (Lipinski definition) is 1. The molecule has 0 saturated carbocycles. The Labute approximate surface area is 199 Å². The molecule has 33 heavy (non-hydrogen) atoms. The van der Waals surface area contributed by atoms with E-state index in [1.165, 1.54) is 12.8 Å². The molecule has 5 rings (SSSR count). The van der Waals surface area contributed by atoms with Gasteiger partial charge in [-0.05, 0) is 38.1 Å². The fraction of sp³-hybridized carbons (Fsp3) is 0.400. The molecule has 0 bridgehead atoms. The van der Waals surface area contributed by atoms with E-state index in [0.29, 0.717) is 12.2 Å². The molecule has 172 valence electrons. The summed E-state index contributed by atoms with van der Waals surface area (Å²) in [5.41, 5.74) is 1.46. The molecular weight excluding hydrogens is 436 g/mol. The number of carbonyl (C=O) groups excluding carboxylic acids is 1. The summed E-state index contributed by atoms with van der Waals surface area (Å²) in [4.78, 5) is 19.8. The van der Waals surface area contributed by atoms with Crippen molar-refractivity contribution in [3.63, 3.8) is 0 Å². The average molecular weight is 465 g/mol. The molecule has 0 spiro atoms. The first-order chi connectivity index (χ1) is 16.2. The number of aromatic nitrogens is 2. The number of rotatable bonds is 6. The van der Waals surface area contributed by atoms with Gasteiger partial charge in [0.2, 0.25) is 0 Å². The second-order valence-corrected chi connectivity index (χ2v) is 9.06. The van der Waals surface area contributed by atoms with E-state index in [1.807, 2.05) is 42.5 Å². The van der Waals surface area contributed by atoms with Crippen LogP contribution < -0.4 is 15.1 Å². The monoisotopic (exact) mass is 464 g/mol. The molecule has 0 atom stereocenters. The topological polar surface area (TPSA) is 64.6 Å². The van der Waals surface area contributed by atoms with Crippen molar-refractivity contribution in [3.05, 3.63) is 59.2 Å². The van der Waals surface area contributed by atoms with Crippen LogP contribution in [-0.2, 0) is 0 Å². The standard InChI is InChI=1S/C25H29ClN6O/c26-21-9-3-4-10-22(21)31-15-17-32(18-16-31)24-20-8-2-1-7-19(20)23(28-29-24)25(33)27-11-14-30-12-5-6-13-30/h1-4,7-10H,5-6,11-18H2,(H,27,33). The number of halogens is 1. The highest BCUT2D eigenvalue weighted by Gasteiger charge is 2.23. The SMILES string of the molecule is O=C(NCCN1CCCC1)c1nnc(N2CCN(c3ccccc3Cl)CC2)c2ccccc12. The summed E-state index contributed by atoms with van der Waals surface area (Å²) in [5.74, 6) is 0.672. The third kappa shape index (κ3) is 4.75. The van der Waals surface area contributed by atoms with Crippen molar-refractivity contribution < 1.29 is 4.79 Å². The van der Waals surface area contributed by atoms with Gasteiger partial charge < -0.3 is 20.0 Å². The van der Waals surface area contributed by atoms with Crippen molar-refractivity contribution in [2.75, 3.05) is 62.2 Å². The van der Waals surface area contributed by atoms with Crippen LogP contribution in [0.3, 0.4) is 0 Å². The number of hydrogen-bond acceptors (Lipinski definition) is 6. The molecule has 2 aliphatic rings. The number of para-hydroxylation sites is 1. The number of likely N-dealkylation sites (tertiary alicyclic amines) is 1. The summed E-state index contributed by atoms with van der Waals surface area (Å²) in [6.07, 6.45) is 2.50. The minimum absolute atomic E-state index is 0.159. The van der Waals surface area contributed by atoms with Gasteiger partial charge in [-0.1, -0.05) is 48.0 Å². The van der Waals surface area contributed by atoms with Crippen LogP contribution in [0.15, 0.2) is 48.5 Å². The molecule has 1 N–H and O–H groups in total. The average Bonchev–Trinajstić information content (AvgIpc) is 3.37. The van der Waals surface area contributed by atoms with E-state index in [1.54, 1.807) is 0 Å². The molecule has 2 aromatic carbocycles. The van der Waals surface area contributed by atoms with Gasteiger partial charge in [-0.3, -0.25) is 4.79 Å². The Kier molecular flexibility index (Phi) is 6.60. The number of nitrogens with zero attached hydrogens (tertiary/aromatic N) is 5. The Balaban J connectivity index is 1.30. The summed E-state index contributed by atoms with van der Waals surface area (Å²) >= 11 is 6.39. The van der Waals surface area contributed by atoms with Crippen LogP contribution in [0.5, 0.6) is 0 Å². The Morgan fingerprint density at radius 1 is 0.848 bits per heavy atom. The quantitative estimate of drug-likeness (QED) is 0.603.